The predicted octanol–water partition coefficient (Wildman–Crippen LogP) is 3.36. The van der Waals surface area contributed by atoms with E-state index in [4.69, 9.17) is 5.11 Å². The van der Waals surface area contributed by atoms with Crippen LogP contribution < -0.4 is 0 Å². The van der Waals surface area contributed by atoms with Gasteiger partial charge >= 0.3 is 5.97 Å². The molecule has 0 saturated heterocycles. The van der Waals surface area contributed by atoms with Crippen molar-refractivity contribution in [2.75, 3.05) is 19.1 Å². The molecule has 0 heterocycles. The van der Waals surface area contributed by atoms with Crippen molar-refractivity contribution < 1.29 is 9.90 Å². The monoisotopic (exact) mass is 293 g/mol. The zero-order valence-electron chi connectivity index (χ0n) is 12.4. The maximum atomic E-state index is 10.5. The maximum absolute atomic E-state index is 10.5. The summed E-state index contributed by atoms with van der Waals surface area (Å²) < 4.78 is 0. The van der Waals surface area contributed by atoms with Crippen molar-refractivity contribution >= 4 is 23.8 Å². The van der Waals surface area contributed by atoms with E-state index in [-0.39, 0.29) is 0 Å². The highest BCUT2D eigenvalue weighted by atomic mass is 32.2. The first-order valence-electron chi connectivity index (χ1n) is 6.76. The molecule has 3 nitrogen and oxygen atoms in total. The summed E-state index contributed by atoms with van der Waals surface area (Å²) in [7, 11) is 2.16. The fraction of sp³-hybridized carbons (Fsp3) is 0.438. The first-order valence-corrected chi connectivity index (χ1v) is 8.15. The number of rotatable bonds is 8. The Bertz CT molecular complexity index is 442. The van der Waals surface area contributed by atoms with E-state index in [0.717, 1.165) is 30.4 Å². The number of carboxylic acids is 1. The lowest BCUT2D eigenvalue weighted by Gasteiger charge is -2.26. The lowest BCUT2D eigenvalue weighted by Crippen LogP contribution is -2.32. The standard InChI is InChI=1S/C16H23NO2S/c1-4-15(12-20-3)17(2)11-14-7-5-13(6-8-14)9-10-16(18)19/h5-10,15H,4,11-12H2,1-3H3,(H,18,19)/b10-9+. The van der Waals surface area contributed by atoms with Gasteiger partial charge in [-0.25, -0.2) is 4.79 Å². The summed E-state index contributed by atoms with van der Waals surface area (Å²) in [5.74, 6) is 0.226. The second-order valence-corrected chi connectivity index (χ2v) is 5.76. The van der Waals surface area contributed by atoms with Gasteiger partial charge in [0.2, 0.25) is 0 Å². The molecule has 1 aromatic carbocycles. The molecule has 0 bridgehead atoms. The molecule has 1 N–H and O–H groups in total. The molecule has 1 unspecified atom stereocenters. The van der Waals surface area contributed by atoms with Crippen LogP contribution in [-0.2, 0) is 11.3 Å². The summed E-state index contributed by atoms with van der Waals surface area (Å²) in [5, 5.41) is 8.59. The highest BCUT2D eigenvalue weighted by molar-refractivity contribution is 7.98. The van der Waals surface area contributed by atoms with E-state index >= 15 is 0 Å². The number of carbonyl (C=O) groups is 1. The van der Waals surface area contributed by atoms with Crippen LogP contribution in [0.3, 0.4) is 0 Å². The van der Waals surface area contributed by atoms with E-state index in [2.05, 4.69) is 37.3 Å². The van der Waals surface area contributed by atoms with E-state index in [9.17, 15) is 4.79 Å². The van der Waals surface area contributed by atoms with Crippen LogP contribution in [0.15, 0.2) is 30.3 Å². The summed E-state index contributed by atoms with van der Waals surface area (Å²) in [5.41, 5.74) is 2.16. The summed E-state index contributed by atoms with van der Waals surface area (Å²) in [6, 6.07) is 8.63. The average Bonchev–Trinajstić information content (AvgIpc) is 2.43. The highest BCUT2D eigenvalue weighted by Gasteiger charge is 2.11. The van der Waals surface area contributed by atoms with E-state index in [0.29, 0.717) is 6.04 Å². The molecule has 0 aromatic heterocycles. The molecular formula is C16H23NO2S. The van der Waals surface area contributed by atoms with Crippen LogP contribution in [0.25, 0.3) is 6.08 Å². The van der Waals surface area contributed by atoms with Gasteiger partial charge < -0.3 is 5.11 Å². The van der Waals surface area contributed by atoms with E-state index < -0.39 is 5.97 Å². The molecule has 1 rings (SSSR count). The normalized spacial score (nSPS) is 13.0. The van der Waals surface area contributed by atoms with Crippen molar-refractivity contribution in [1.82, 2.24) is 4.90 Å². The number of thioether (sulfide) groups is 1. The number of benzene rings is 1. The Morgan fingerprint density at radius 3 is 2.55 bits per heavy atom. The lowest BCUT2D eigenvalue weighted by atomic mass is 10.1. The van der Waals surface area contributed by atoms with Gasteiger partial charge in [0.1, 0.15) is 0 Å². The topological polar surface area (TPSA) is 40.5 Å². The van der Waals surface area contributed by atoms with Gasteiger partial charge in [-0.15, -0.1) is 0 Å². The number of carboxylic acid groups (broad SMARTS) is 1. The molecule has 0 spiro atoms. The van der Waals surface area contributed by atoms with Crippen LogP contribution >= 0.6 is 11.8 Å². The van der Waals surface area contributed by atoms with Gasteiger partial charge in [0, 0.05) is 24.4 Å². The minimum Gasteiger partial charge on any atom is -0.478 e. The Morgan fingerprint density at radius 1 is 1.40 bits per heavy atom. The van der Waals surface area contributed by atoms with Gasteiger partial charge in [-0.05, 0) is 36.9 Å². The molecule has 0 saturated carbocycles. The minimum atomic E-state index is -0.920. The number of nitrogens with zero attached hydrogens (tertiary/aromatic N) is 1. The molecule has 0 aliphatic rings. The molecule has 0 radical (unpaired) electrons. The summed E-state index contributed by atoms with van der Waals surface area (Å²) in [4.78, 5) is 12.8. The van der Waals surface area contributed by atoms with Gasteiger partial charge in [-0.3, -0.25) is 4.90 Å². The molecule has 0 aliphatic carbocycles. The number of hydrogen-bond donors (Lipinski definition) is 1. The first kappa shape index (κ1) is 16.8. The van der Waals surface area contributed by atoms with E-state index in [1.165, 1.54) is 5.56 Å². The van der Waals surface area contributed by atoms with Gasteiger partial charge in [-0.2, -0.15) is 11.8 Å². The third-order valence-electron chi connectivity index (χ3n) is 3.28. The molecule has 110 valence electrons. The average molecular weight is 293 g/mol. The lowest BCUT2D eigenvalue weighted by molar-refractivity contribution is -0.131. The summed E-state index contributed by atoms with van der Waals surface area (Å²) >= 11 is 1.88. The van der Waals surface area contributed by atoms with Crippen molar-refractivity contribution in [2.45, 2.75) is 25.9 Å². The minimum absolute atomic E-state index is 0.594. The Kier molecular flexibility index (Phi) is 7.41. The van der Waals surface area contributed by atoms with Crippen molar-refractivity contribution in [2.24, 2.45) is 0 Å². The second-order valence-electron chi connectivity index (χ2n) is 4.85. The predicted molar refractivity (Wildman–Crippen MR) is 87.0 cm³/mol. The molecule has 1 atom stereocenters. The highest BCUT2D eigenvalue weighted by Crippen LogP contribution is 2.13. The first-order chi connectivity index (χ1) is 9.56. The maximum Gasteiger partial charge on any atom is 0.328 e. The zero-order valence-corrected chi connectivity index (χ0v) is 13.2. The SMILES string of the molecule is CCC(CSC)N(C)Cc1ccc(/C=C/C(=O)O)cc1. The molecule has 0 amide bonds. The van der Waals surface area contributed by atoms with Crippen LogP contribution in [0, 0.1) is 0 Å². The second kappa shape index (κ2) is 8.82. The van der Waals surface area contributed by atoms with Crippen LogP contribution in [0.5, 0.6) is 0 Å². The fourth-order valence-corrected chi connectivity index (χ4v) is 2.94. The third kappa shape index (κ3) is 5.80. The van der Waals surface area contributed by atoms with Crippen LogP contribution in [0.4, 0.5) is 0 Å². The molecule has 0 aliphatic heterocycles. The van der Waals surface area contributed by atoms with E-state index in [1.807, 2.05) is 23.9 Å². The largest absolute Gasteiger partial charge is 0.478 e. The number of hydrogen-bond acceptors (Lipinski definition) is 3. The summed E-state index contributed by atoms with van der Waals surface area (Å²) in [6.07, 6.45) is 6.06. The zero-order chi connectivity index (χ0) is 15.0. The summed E-state index contributed by atoms with van der Waals surface area (Å²) in [6.45, 7) is 3.14. The van der Waals surface area contributed by atoms with Gasteiger partial charge in [-0.1, -0.05) is 31.2 Å². The van der Waals surface area contributed by atoms with Crippen LogP contribution in [-0.4, -0.2) is 41.1 Å². The Balaban J connectivity index is 2.62. The van der Waals surface area contributed by atoms with Gasteiger partial charge in [0.15, 0.2) is 0 Å². The Labute approximate surface area is 125 Å². The third-order valence-corrected chi connectivity index (χ3v) is 4.00. The molecule has 0 fully saturated rings. The van der Waals surface area contributed by atoms with E-state index in [1.54, 1.807) is 6.08 Å². The molecule has 1 aromatic rings. The van der Waals surface area contributed by atoms with Gasteiger partial charge in [0.25, 0.3) is 0 Å². The van der Waals surface area contributed by atoms with Crippen LogP contribution in [0.2, 0.25) is 0 Å². The van der Waals surface area contributed by atoms with Crippen molar-refractivity contribution in [3.8, 4) is 0 Å². The fourth-order valence-electron chi connectivity index (χ4n) is 2.07. The van der Waals surface area contributed by atoms with Crippen LogP contribution in [0.1, 0.15) is 24.5 Å². The van der Waals surface area contributed by atoms with Crippen molar-refractivity contribution in [3.63, 3.8) is 0 Å². The Morgan fingerprint density at radius 2 is 2.05 bits per heavy atom. The molecule has 20 heavy (non-hydrogen) atoms. The Hall–Kier alpha value is -1.26. The molecular weight excluding hydrogens is 270 g/mol. The van der Waals surface area contributed by atoms with Crippen molar-refractivity contribution in [1.29, 1.82) is 0 Å². The smallest absolute Gasteiger partial charge is 0.328 e. The number of aliphatic carboxylic acids is 1. The van der Waals surface area contributed by atoms with Gasteiger partial charge in [0.05, 0.1) is 0 Å². The van der Waals surface area contributed by atoms with Crippen molar-refractivity contribution in [3.05, 3.63) is 41.5 Å². The quantitative estimate of drug-likeness (QED) is 0.746. The molecule has 4 heteroatoms.